The standard InChI is InChI=1S/C7H8AsCl2NO2S/c1-11-14(12,13)7-3-5(9)4(8)2-6(7)10/h2-3,11H,8H2,1H3. The van der Waals surface area contributed by atoms with E-state index in [1.54, 1.807) is 6.07 Å². The zero-order chi connectivity index (χ0) is 10.9. The fourth-order valence-electron chi connectivity index (χ4n) is 0.860. The molecule has 1 N–H and O–H groups in total. The summed E-state index contributed by atoms with van der Waals surface area (Å²) in [6.45, 7) is 0. The molecule has 14 heavy (non-hydrogen) atoms. The summed E-state index contributed by atoms with van der Waals surface area (Å²) in [5.74, 6) is 0. The molecule has 0 aromatic heterocycles. The van der Waals surface area contributed by atoms with Gasteiger partial charge >= 0.3 is 102 Å². The molecule has 1 unspecified atom stereocenters. The Morgan fingerprint density at radius 2 is 1.86 bits per heavy atom. The fraction of sp³-hybridized carbons (Fsp3) is 0.143. The third-order valence-corrected chi connectivity index (χ3v) is 5.20. The predicted molar refractivity (Wildman–Crippen MR) is 60.9 cm³/mol. The Morgan fingerprint density at radius 1 is 1.29 bits per heavy atom. The van der Waals surface area contributed by atoms with Gasteiger partial charge in [0, 0.05) is 0 Å². The molecule has 0 radical (unpaired) electrons. The summed E-state index contributed by atoms with van der Waals surface area (Å²) in [5, 5.41) is 0.589. The zero-order valence-electron chi connectivity index (χ0n) is 7.21. The summed E-state index contributed by atoms with van der Waals surface area (Å²) in [4.78, 5) is 0.00747. The van der Waals surface area contributed by atoms with Gasteiger partial charge in [0.15, 0.2) is 0 Å². The second-order valence-corrected chi connectivity index (χ2v) is 6.49. The third kappa shape index (κ3) is 2.44. The van der Waals surface area contributed by atoms with Gasteiger partial charge in [0.25, 0.3) is 0 Å². The molecule has 78 valence electrons. The van der Waals surface area contributed by atoms with E-state index in [9.17, 15) is 8.42 Å². The van der Waals surface area contributed by atoms with Gasteiger partial charge in [-0.3, -0.25) is 0 Å². The van der Waals surface area contributed by atoms with Crippen molar-refractivity contribution in [1.29, 1.82) is 0 Å². The van der Waals surface area contributed by atoms with Crippen molar-refractivity contribution in [1.82, 2.24) is 4.72 Å². The normalized spacial score (nSPS) is 11.7. The third-order valence-electron chi connectivity index (χ3n) is 1.61. The maximum absolute atomic E-state index is 11.4. The van der Waals surface area contributed by atoms with Crippen LogP contribution < -0.4 is 9.07 Å². The first kappa shape index (κ1) is 12.3. The summed E-state index contributed by atoms with van der Waals surface area (Å²) in [6, 6.07) is 2.90. The minimum absolute atomic E-state index is 0.00747. The van der Waals surface area contributed by atoms with Crippen molar-refractivity contribution in [3.63, 3.8) is 0 Å². The van der Waals surface area contributed by atoms with E-state index in [2.05, 4.69) is 4.72 Å². The van der Waals surface area contributed by atoms with Gasteiger partial charge in [0.2, 0.25) is 0 Å². The first-order valence-electron chi connectivity index (χ1n) is 3.56. The van der Waals surface area contributed by atoms with Gasteiger partial charge in [-0.25, -0.2) is 0 Å². The van der Waals surface area contributed by atoms with Crippen molar-refractivity contribution >= 4 is 54.4 Å². The number of rotatable bonds is 2. The van der Waals surface area contributed by atoms with E-state index >= 15 is 0 Å². The average molecular weight is 316 g/mol. The first-order chi connectivity index (χ1) is 6.38. The van der Waals surface area contributed by atoms with Crippen molar-refractivity contribution in [3.8, 4) is 0 Å². The van der Waals surface area contributed by atoms with Crippen molar-refractivity contribution < 1.29 is 8.42 Å². The summed E-state index contributed by atoms with van der Waals surface area (Å²) in [7, 11) is -2.20. The minimum atomic E-state index is -3.53. The second kappa shape index (κ2) is 4.41. The van der Waals surface area contributed by atoms with E-state index in [4.69, 9.17) is 23.2 Å². The molecule has 3 nitrogen and oxygen atoms in total. The van der Waals surface area contributed by atoms with Crippen LogP contribution in [0.5, 0.6) is 0 Å². The van der Waals surface area contributed by atoms with Gasteiger partial charge in [-0.05, 0) is 0 Å². The Balaban J connectivity index is 3.45. The van der Waals surface area contributed by atoms with Crippen molar-refractivity contribution in [3.05, 3.63) is 22.2 Å². The molecule has 0 aliphatic rings. The van der Waals surface area contributed by atoms with E-state index in [0.717, 1.165) is 4.35 Å². The van der Waals surface area contributed by atoms with Crippen LogP contribution in [0.1, 0.15) is 0 Å². The Bertz CT molecular complexity index is 461. The van der Waals surface area contributed by atoms with Crippen LogP contribution in [0.2, 0.25) is 10.0 Å². The molecule has 1 aromatic rings. The van der Waals surface area contributed by atoms with Crippen LogP contribution in [-0.2, 0) is 10.0 Å². The number of hydrogen-bond donors (Lipinski definition) is 1. The summed E-state index contributed by atoms with van der Waals surface area (Å²) in [6.07, 6.45) is 0. The molecule has 1 rings (SSSR count). The van der Waals surface area contributed by atoms with E-state index in [1.165, 1.54) is 30.0 Å². The summed E-state index contributed by atoms with van der Waals surface area (Å²) >= 11 is 12.9. The van der Waals surface area contributed by atoms with Crippen molar-refractivity contribution in [2.45, 2.75) is 4.90 Å². The SMILES string of the molecule is CNS(=O)(=O)c1cc(Cl)c([AsH2])cc1Cl. The summed E-state index contributed by atoms with van der Waals surface area (Å²) in [5.41, 5.74) is 0. The number of benzene rings is 1. The van der Waals surface area contributed by atoms with E-state index < -0.39 is 10.0 Å². The molecule has 1 atom stereocenters. The molecule has 0 amide bonds. The van der Waals surface area contributed by atoms with E-state index in [-0.39, 0.29) is 9.92 Å². The Labute approximate surface area is 101 Å². The topological polar surface area (TPSA) is 46.2 Å². The predicted octanol–water partition coefficient (Wildman–Crippen LogP) is 0.160. The molecule has 0 fully saturated rings. The quantitative estimate of drug-likeness (QED) is 0.790. The molecule has 0 bridgehead atoms. The molecule has 0 saturated heterocycles. The van der Waals surface area contributed by atoms with Crippen LogP contribution in [0.25, 0.3) is 0 Å². The van der Waals surface area contributed by atoms with Gasteiger partial charge in [-0.2, -0.15) is 0 Å². The average Bonchev–Trinajstić information content (AvgIpc) is 2.11. The van der Waals surface area contributed by atoms with Gasteiger partial charge in [0.1, 0.15) is 0 Å². The Morgan fingerprint density at radius 3 is 2.36 bits per heavy atom. The van der Waals surface area contributed by atoms with E-state index in [0.29, 0.717) is 5.02 Å². The number of sulfonamides is 1. The molecule has 0 spiro atoms. The van der Waals surface area contributed by atoms with Gasteiger partial charge < -0.3 is 0 Å². The molecule has 1 aromatic carbocycles. The molecular formula is C7H8AsCl2NO2S. The molecular weight excluding hydrogens is 308 g/mol. The molecule has 0 saturated carbocycles. The number of hydrogen-bond acceptors (Lipinski definition) is 2. The molecule has 0 aliphatic carbocycles. The molecule has 0 heterocycles. The van der Waals surface area contributed by atoms with Crippen LogP contribution in [-0.4, -0.2) is 32.3 Å². The fourth-order valence-corrected chi connectivity index (χ4v) is 3.12. The Hall–Kier alpha value is 0.268. The zero-order valence-corrected chi connectivity index (χ0v) is 12.0. The van der Waals surface area contributed by atoms with Gasteiger partial charge in [-0.1, -0.05) is 0 Å². The monoisotopic (exact) mass is 315 g/mol. The van der Waals surface area contributed by atoms with Crippen molar-refractivity contribution in [2.75, 3.05) is 7.05 Å². The van der Waals surface area contributed by atoms with Crippen LogP contribution in [0.15, 0.2) is 17.0 Å². The Kier molecular flexibility index (Phi) is 3.89. The number of nitrogens with one attached hydrogen (secondary N) is 1. The van der Waals surface area contributed by atoms with Gasteiger partial charge in [0.05, 0.1) is 0 Å². The summed E-state index contributed by atoms with van der Waals surface area (Å²) < 4.78 is 25.9. The van der Waals surface area contributed by atoms with Crippen LogP contribution in [0, 0.1) is 0 Å². The first-order valence-corrected chi connectivity index (χ1v) is 7.01. The molecule has 7 heteroatoms. The van der Waals surface area contributed by atoms with Crippen LogP contribution in [0.3, 0.4) is 0 Å². The van der Waals surface area contributed by atoms with Crippen molar-refractivity contribution in [2.24, 2.45) is 0 Å². The second-order valence-electron chi connectivity index (χ2n) is 2.51. The van der Waals surface area contributed by atoms with Gasteiger partial charge in [-0.15, -0.1) is 0 Å². The van der Waals surface area contributed by atoms with Crippen LogP contribution >= 0.6 is 23.2 Å². The number of halogens is 2. The molecule has 0 aliphatic heterocycles. The van der Waals surface area contributed by atoms with E-state index in [1.807, 2.05) is 0 Å². The van der Waals surface area contributed by atoms with Crippen LogP contribution in [0.4, 0.5) is 0 Å². The maximum atomic E-state index is 11.4.